The van der Waals surface area contributed by atoms with E-state index in [1.165, 1.54) is 5.56 Å². The molecule has 4 heteroatoms. The number of benzene rings is 1. The van der Waals surface area contributed by atoms with Gasteiger partial charge in [-0.15, -0.1) is 0 Å². The molecule has 1 heterocycles. The van der Waals surface area contributed by atoms with Gasteiger partial charge in [0, 0.05) is 25.7 Å². The molecule has 18 heavy (non-hydrogen) atoms. The number of aryl methyl sites for hydroxylation is 1. The summed E-state index contributed by atoms with van der Waals surface area (Å²) in [4.78, 5) is 13.4. The zero-order chi connectivity index (χ0) is 13.0. The van der Waals surface area contributed by atoms with Crippen molar-refractivity contribution < 1.29 is 4.79 Å². The van der Waals surface area contributed by atoms with Gasteiger partial charge in [0.1, 0.15) is 0 Å². The van der Waals surface area contributed by atoms with Gasteiger partial charge in [-0.2, -0.15) is 0 Å². The molecule has 0 bridgehead atoms. The van der Waals surface area contributed by atoms with Crippen molar-refractivity contribution in [3.63, 3.8) is 0 Å². The van der Waals surface area contributed by atoms with Crippen molar-refractivity contribution in [1.29, 1.82) is 0 Å². The third-order valence-electron chi connectivity index (χ3n) is 3.39. The molecule has 2 rings (SSSR count). The molecule has 1 unspecified atom stereocenters. The Bertz CT molecular complexity index is 402. The van der Waals surface area contributed by atoms with Crippen molar-refractivity contribution in [2.75, 3.05) is 26.2 Å². The fraction of sp³-hybridized carbons (Fsp3) is 0.500. The summed E-state index contributed by atoms with van der Waals surface area (Å²) >= 11 is 0. The summed E-state index contributed by atoms with van der Waals surface area (Å²) in [5, 5.41) is 2.82. The van der Waals surface area contributed by atoms with Crippen LogP contribution in [-0.2, 0) is 11.2 Å². The Kier molecular flexibility index (Phi) is 4.33. The molecule has 0 saturated carbocycles. The van der Waals surface area contributed by atoms with E-state index < -0.39 is 0 Å². The quantitative estimate of drug-likeness (QED) is 0.822. The zero-order valence-electron chi connectivity index (χ0n) is 10.9. The summed E-state index contributed by atoms with van der Waals surface area (Å²) in [5.41, 5.74) is 8.65. The van der Waals surface area contributed by atoms with Crippen LogP contribution in [0.3, 0.4) is 0 Å². The van der Waals surface area contributed by atoms with Gasteiger partial charge >= 0.3 is 0 Å². The van der Waals surface area contributed by atoms with Crippen LogP contribution in [0, 0.1) is 0 Å². The highest BCUT2D eigenvalue weighted by molar-refractivity contribution is 5.78. The van der Waals surface area contributed by atoms with Crippen LogP contribution in [-0.4, -0.2) is 37.0 Å². The lowest BCUT2D eigenvalue weighted by molar-refractivity contribution is -0.124. The maximum atomic E-state index is 11.3. The molecule has 1 aliphatic heterocycles. The highest BCUT2D eigenvalue weighted by Gasteiger charge is 2.18. The first-order valence-electron chi connectivity index (χ1n) is 6.52. The molecule has 1 aliphatic rings. The molecule has 0 radical (unpaired) electrons. The lowest BCUT2D eigenvalue weighted by Gasteiger charge is -2.29. The number of nitrogens with one attached hydrogen (secondary N) is 1. The molecule has 1 amide bonds. The van der Waals surface area contributed by atoms with E-state index in [2.05, 4.69) is 41.4 Å². The SMILES string of the molecule is CCc1ccc(C(N)CN2CCNC(=O)C2)cc1. The highest BCUT2D eigenvalue weighted by atomic mass is 16.2. The van der Waals surface area contributed by atoms with E-state index in [0.29, 0.717) is 6.54 Å². The molecule has 1 aromatic rings. The second kappa shape index (κ2) is 5.98. The Labute approximate surface area is 108 Å². The maximum Gasteiger partial charge on any atom is 0.234 e. The van der Waals surface area contributed by atoms with Gasteiger partial charge in [-0.1, -0.05) is 31.2 Å². The number of hydrogen-bond donors (Lipinski definition) is 2. The van der Waals surface area contributed by atoms with Crippen LogP contribution in [0.15, 0.2) is 24.3 Å². The minimum absolute atomic E-state index is 0.0261. The lowest BCUT2D eigenvalue weighted by Crippen LogP contribution is -2.49. The van der Waals surface area contributed by atoms with Crippen LogP contribution in [0.2, 0.25) is 0 Å². The van der Waals surface area contributed by atoms with E-state index in [9.17, 15) is 4.79 Å². The van der Waals surface area contributed by atoms with Crippen molar-refractivity contribution in [2.24, 2.45) is 5.73 Å². The van der Waals surface area contributed by atoms with Crippen molar-refractivity contribution in [2.45, 2.75) is 19.4 Å². The van der Waals surface area contributed by atoms with Crippen LogP contribution in [0.1, 0.15) is 24.1 Å². The van der Waals surface area contributed by atoms with Gasteiger partial charge in [-0.3, -0.25) is 9.69 Å². The first-order chi connectivity index (χ1) is 8.69. The normalized spacial score (nSPS) is 18.4. The molecular weight excluding hydrogens is 226 g/mol. The van der Waals surface area contributed by atoms with Crippen molar-refractivity contribution in [3.05, 3.63) is 35.4 Å². The van der Waals surface area contributed by atoms with Gasteiger partial charge in [-0.05, 0) is 17.5 Å². The summed E-state index contributed by atoms with van der Waals surface area (Å²) in [6.45, 7) is 4.94. The lowest BCUT2D eigenvalue weighted by atomic mass is 10.0. The van der Waals surface area contributed by atoms with Crippen LogP contribution in [0.4, 0.5) is 0 Å². The molecule has 1 fully saturated rings. The Morgan fingerprint density at radius 2 is 2.11 bits per heavy atom. The summed E-state index contributed by atoms with van der Waals surface area (Å²) in [7, 11) is 0. The average molecular weight is 247 g/mol. The minimum Gasteiger partial charge on any atom is -0.354 e. The topological polar surface area (TPSA) is 58.4 Å². The number of carbonyl (C=O) groups is 1. The van der Waals surface area contributed by atoms with Gasteiger partial charge in [0.25, 0.3) is 0 Å². The van der Waals surface area contributed by atoms with Crippen LogP contribution in [0.25, 0.3) is 0 Å². The van der Waals surface area contributed by atoms with Crippen LogP contribution < -0.4 is 11.1 Å². The number of amides is 1. The van der Waals surface area contributed by atoms with E-state index in [1.54, 1.807) is 0 Å². The second-order valence-electron chi connectivity index (χ2n) is 4.79. The van der Waals surface area contributed by atoms with Gasteiger partial charge in [0.15, 0.2) is 0 Å². The maximum absolute atomic E-state index is 11.3. The number of nitrogens with zero attached hydrogens (tertiary/aromatic N) is 1. The van der Waals surface area contributed by atoms with E-state index >= 15 is 0 Å². The van der Waals surface area contributed by atoms with E-state index in [1.807, 2.05) is 0 Å². The largest absolute Gasteiger partial charge is 0.354 e. The standard InChI is InChI=1S/C14H21N3O/c1-2-11-3-5-12(6-4-11)13(15)9-17-8-7-16-14(18)10-17/h3-6,13H,2,7-10,15H2,1H3,(H,16,18). The molecule has 1 saturated heterocycles. The van der Waals surface area contributed by atoms with Crippen molar-refractivity contribution in [1.82, 2.24) is 10.2 Å². The van der Waals surface area contributed by atoms with Crippen molar-refractivity contribution in [3.8, 4) is 0 Å². The second-order valence-corrected chi connectivity index (χ2v) is 4.79. The third kappa shape index (κ3) is 3.31. The van der Waals surface area contributed by atoms with Gasteiger partial charge < -0.3 is 11.1 Å². The zero-order valence-corrected chi connectivity index (χ0v) is 10.9. The predicted octanol–water partition coefficient (Wildman–Crippen LogP) is 0.681. The summed E-state index contributed by atoms with van der Waals surface area (Å²) in [6, 6.07) is 8.40. The number of nitrogens with two attached hydrogens (primary N) is 1. The fourth-order valence-electron chi connectivity index (χ4n) is 2.23. The highest BCUT2D eigenvalue weighted by Crippen LogP contribution is 2.13. The molecule has 0 aliphatic carbocycles. The van der Waals surface area contributed by atoms with E-state index in [4.69, 9.17) is 5.73 Å². The molecule has 1 atom stereocenters. The average Bonchev–Trinajstić information content (AvgIpc) is 2.39. The predicted molar refractivity (Wildman–Crippen MR) is 72.2 cm³/mol. The van der Waals surface area contributed by atoms with Gasteiger partial charge in [0.2, 0.25) is 5.91 Å². The smallest absolute Gasteiger partial charge is 0.234 e. The molecular formula is C14H21N3O. The summed E-state index contributed by atoms with van der Waals surface area (Å²) in [5.74, 6) is 0.0924. The Hall–Kier alpha value is -1.39. The summed E-state index contributed by atoms with van der Waals surface area (Å²) in [6.07, 6.45) is 1.04. The molecule has 4 nitrogen and oxygen atoms in total. The third-order valence-corrected chi connectivity index (χ3v) is 3.39. The Morgan fingerprint density at radius 3 is 2.72 bits per heavy atom. The first-order valence-corrected chi connectivity index (χ1v) is 6.52. The van der Waals surface area contributed by atoms with E-state index in [0.717, 1.165) is 31.6 Å². The van der Waals surface area contributed by atoms with Gasteiger partial charge in [0.05, 0.1) is 6.54 Å². The molecule has 98 valence electrons. The Morgan fingerprint density at radius 1 is 1.39 bits per heavy atom. The number of piperazine rings is 1. The molecule has 0 aromatic heterocycles. The van der Waals surface area contributed by atoms with Crippen molar-refractivity contribution >= 4 is 5.91 Å². The summed E-state index contributed by atoms with van der Waals surface area (Å²) < 4.78 is 0. The van der Waals surface area contributed by atoms with Crippen LogP contribution >= 0.6 is 0 Å². The molecule has 1 aromatic carbocycles. The fourth-order valence-corrected chi connectivity index (χ4v) is 2.23. The number of rotatable bonds is 4. The first kappa shape index (κ1) is 13.1. The molecule has 3 N–H and O–H groups in total. The molecule has 0 spiro atoms. The number of carbonyl (C=O) groups excluding carboxylic acids is 1. The van der Waals surface area contributed by atoms with E-state index in [-0.39, 0.29) is 11.9 Å². The van der Waals surface area contributed by atoms with Crippen LogP contribution in [0.5, 0.6) is 0 Å². The number of hydrogen-bond acceptors (Lipinski definition) is 3. The van der Waals surface area contributed by atoms with Gasteiger partial charge in [-0.25, -0.2) is 0 Å². The monoisotopic (exact) mass is 247 g/mol. The minimum atomic E-state index is -0.0261. The Balaban J connectivity index is 1.93.